The van der Waals surface area contributed by atoms with Crippen molar-refractivity contribution in [3.8, 4) is 0 Å². The van der Waals surface area contributed by atoms with E-state index in [9.17, 15) is 0 Å². The van der Waals surface area contributed by atoms with Crippen LogP contribution in [0.25, 0.3) is 0 Å². The Hall–Kier alpha value is -1.66. The van der Waals surface area contributed by atoms with Crippen molar-refractivity contribution in [2.24, 2.45) is 0 Å². The van der Waals surface area contributed by atoms with Crippen molar-refractivity contribution in [1.82, 2.24) is 0 Å². The lowest BCUT2D eigenvalue weighted by Crippen LogP contribution is -2.65. The quantitative estimate of drug-likeness (QED) is 0.276. The average molecular weight is 641 g/mol. The molecule has 2 aromatic carbocycles. The lowest BCUT2D eigenvalue weighted by atomic mass is 9.85. The van der Waals surface area contributed by atoms with Gasteiger partial charge < -0.3 is 37.6 Å². The fraction of sp³-hybridized carbons (Fsp3) is 0.667. The minimum Gasteiger partial charge on any atom is -0.414 e. The SMILES string of the molecule is CC1(C)O[C@H]2[C@@H](O1)[C@H](CO[Si](C)(C)C(C)(C)C)O[C@@H]1C[C@@H]3O[C@H](COCc4ccccc4)[C@@H](OCc4ccccc4)C[C@H]3O[C@@H]21. The summed E-state index contributed by atoms with van der Waals surface area (Å²) in [5.74, 6) is -0.728. The molecule has 9 atom stereocenters. The Morgan fingerprint density at radius 2 is 1.31 bits per heavy atom. The summed E-state index contributed by atoms with van der Waals surface area (Å²) >= 11 is 0. The molecule has 248 valence electrons. The molecule has 4 saturated heterocycles. The predicted molar refractivity (Wildman–Crippen MR) is 173 cm³/mol. The summed E-state index contributed by atoms with van der Waals surface area (Å²) in [7, 11) is -1.99. The third-order valence-electron chi connectivity index (χ3n) is 10.1. The van der Waals surface area contributed by atoms with E-state index in [1.807, 2.05) is 50.2 Å². The highest BCUT2D eigenvalue weighted by Crippen LogP contribution is 2.45. The molecule has 0 aliphatic carbocycles. The highest BCUT2D eigenvalue weighted by atomic mass is 28.4. The van der Waals surface area contributed by atoms with Crippen molar-refractivity contribution in [3.05, 3.63) is 71.8 Å². The van der Waals surface area contributed by atoms with E-state index in [1.165, 1.54) is 0 Å². The molecule has 0 unspecified atom stereocenters. The Kier molecular flexibility index (Phi) is 9.94. The van der Waals surface area contributed by atoms with Gasteiger partial charge in [0.25, 0.3) is 0 Å². The van der Waals surface area contributed by atoms with E-state index in [2.05, 4.69) is 58.1 Å². The van der Waals surface area contributed by atoms with Gasteiger partial charge in [-0.3, -0.25) is 0 Å². The van der Waals surface area contributed by atoms with Gasteiger partial charge in [-0.25, -0.2) is 0 Å². The van der Waals surface area contributed by atoms with Crippen LogP contribution >= 0.6 is 0 Å². The average Bonchev–Trinajstić information content (AvgIpc) is 3.34. The maximum atomic E-state index is 6.85. The van der Waals surface area contributed by atoms with E-state index in [0.29, 0.717) is 39.3 Å². The van der Waals surface area contributed by atoms with Crippen LogP contribution < -0.4 is 0 Å². The number of hydrogen-bond acceptors (Lipinski definition) is 8. The summed E-state index contributed by atoms with van der Waals surface area (Å²) in [6.07, 6.45) is -0.477. The molecular weight excluding hydrogens is 588 g/mol. The first kappa shape index (κ1) is 33.2. The van der Waals surface area contributed by atoms with E-state index in [-0.39, 0.29) is 60.0 Å². The summed E-state index contributed by atoms with van der Waals surface area (Å²) in [6.45, 7) is 17.2. The maximum absolute atomic E-state index is 6.85. The number of fused-ring (bicyclic) bond motifs is 4. The van der Waals surface area contributed by atoms with Crippen LogP contribution in [0.3, 0.4) is 0 Å². The van der Waals surface area contributed by atoms with Gasteiger partial charge in [0.2, 0.25) is 0 Å². The molecular formula is C36H52O8Si. The fourth-order valence-corrected chi connectivity index (χ4v) is 7.64. The largest absolute Gasteiger partial charge is 0.414 e. The molecule has 0 bridgehead atoms. The summed E-state index contributed by atoms with van der Waals surface area (Å²) in [6, 6.07) is 20.5. The van der Waals surface area contributed by atoms with Crippen molar-refractivity contribution >= 4 is 8.32 Å². The van der Waals surface area contributed by atoms with E-state index >= 15 is 0 Å². The van der Waals surface area contributed by atoms with Gasteiger partial charge in [-0.15, -0.1) is 0 Å². The Morgan fingerprint density at radius 1 is 0.711 bits per heavy atom. The zero-order valence-electron chi connectivity index (χ0n) is 28.0. The number of rotatable bonds is 10. The summed E-state index contributed by atoms with van der Waals surface area (Å²) < 4.78 is 52.7. The van der Waals surface area contributed by atoms with Crippen molar-refractivity contribution < 1.29 is 37.6 Å². The molecule has 0 aromatic heterocycles. The second-order valence-corrected chi connectivity index (χ2v) is 19.8. The van der Waals surface area contributed by atoms with Crippen LogP contribution in [-0.4, -0.2) is 82.3 Å². The van der Waals surface area contributed by atoms with Gasteiger partial charge in [0.15, 0.2) is 14.1 Å². The number of hydrogen-bond donors (Lipinski definition) is 0. The normalized spacial score (nSPS) is 34.5. The van der Waals surface area contributed by atoms with Gasteiger partial charge in [-0.05, 0) is 43.1 Å². The van der Waals surface area contributed by atoms with Crippen LogP contribution in [-0.2, 0) is 50.8 Å². The van der Waals surface area contributed by atoms with Crippen molar-refractivity contribution in [3.63, 3.8) is 0 Å². The highest BCUT2D eigenvalue weighted by molar-refractivity contribution is 6.74. The highest BCUT2D eigenvalue weighted by Gasteiger charge is 2.59. The lowest BCUT2D eigenvalue weighted by Gasteiger charge is -2.52. The van der Waals surface area contributed by atoms with Crippen molar-refractivity contribution in [2.75, 3.05) is 13.2 Å². The molecule has 2 aromatic rings. The van der Waals surface area contributed by atoms with E-state index in [4.69, 9.17) is 37.6 Å². The zero-order valence-corrected chi connectivity index (χ0v) is 29.0. The second-order valence-electron chi connectivity index (χ2n) is 15.0. The van der Waals surface area contributed by atoms with Crippen LogP contribution in [0.4, 0.5) is 0 Å². The van der Waals surface area contributed by atoms with Gasteiger partial charge >= 0.3 is 0 Å². The van der Waals surface area contributed by atoms with Gasteiger partial charge in [0, 0.05) is 12.8 Å². The molecule has 0 spiro atoms. The number of benzene rings is 2. The topological polar surface area (TPSA) is 73.8 Å². The standard InChI is InChI=1S/C36H52O8Si/c1-35(2,3)45(6,7)39-23-31-33-34(44-36(4,5)43-33)32-29(41-31)19-27-28(42-32)18-26(38-21-25-16-12-9-13-17-25)30(40-27)22-37-20-24-14-10-8-11-15-24/h8-17,26-34H,18-23H2,1-7H3/t26-,27-,28+,29+,30+,31-,32+,33-,34+/m0/s1. The Labute approximate surface area is 270 Å². The molecule has 0 N–H and O–H groups in total. The third-order valence-corrected chi connectivity index (χ3v) is 14.6. The first-order valence-corrected chi connectivity index (χ1v) is 19.5. The zero-order chi connectivity index (χ0) is 31.8. The van der Waals surface area contributed by atoms with E-state index < -0.39 is 14.1 Å². The van der Waals surface area contributed by atoms with E-state index in [1.54, 1.807) is 0 Å². The van der Waals surface area contributed by atoms with Crippen LogP contribution in [0.1, 0.15) is 58.6 Å². The van der Waals surface area contributed by atoms with Crippen LogP contribution in [0, 0.1) is 0 Å². The minimum absolute atomic E-state index is 0.101. The maximum Gasteiger partial charge on any atom is 0.192 e. The Balaban J connectivity index is 1.16. The van der Waals surface area contributed by atoms with E-state index in [0.717, 1.165) is 11.1 Å². The monoisotopic (exact) mass is 640 g/mol. The molecule has 6 rings (SSSR count). The molecule has 4 aliphatic heterocycles. The number of ether oxygens (including phenoxy) is 7. The summed E-state index contributed by atoms with van der Waals surface area (Å²) in [4.78, 5) is 0. The smallest absolute Gasteiger partial charge is 0.192 e. The summed E-state index contributed by atoms with van der Waals surface area (Å²) in [5, 5.41) is 0.101. The molecule has 4 heterocycles. The first-order chi connectivity index (χ1) is 21.4. The molecule has 0 radical (unpaired) electrons. The van der Waals surface area contributed by atoms with Gasteiger partial charge in [0.1, 0.15) is 30.5 Å². The fourth-order valence-electron chi connectivity index (χ4n) is 6.63. The second kappa shape index (κ2) is 13.5. The van der Waals surface area contributed by atoms with Crippen molar-refractivity contribution in [1.29, 1.82) is 0 Å². The molecule has 4 aliphatic rings. The Bertz CT molecular complexity index is 1230. The lowest BCUT2D eigenvalue weighted by molar-refractivity contribution is -0.301. The predicted octanol–water partition coefficient (Wildman–Crippen LogP) is 6.41. The van der Waals surface area contributed by atoms with Crippen molar-refractivity contribution in [2.45, 2.75) is 140 Å². The molecule has 8 nitrogen and oxygen atoms in total. The third kappa shape index (κ3) is 7.74. The van der Waals surface area contributed by atoms with Crippen LogP contribution in [0.15, 0.2) is 60.7 Å². The van der Waals surface area contributed by atoms with Gasteiger partial charge in [-0.1, -0.05) is 81.4 Å². The van der Waals surface area contributed by atoms with Gasteiger partial charge in [-0.2, -0.15) is 0 Å². The first-order valence-electron chi connectivity index (χ1n) is 16.6. The molecule has 0 saturated carbocycles. The molecule has 9 heteroatoms. The van der Waals surface area contributed by atoms with Gasteiger partial charge in [0.05, 0.1) is 50.8 Å². The molecule has 4 fully saturated rings. The Morgan fingerprint density at radius 3 is 1.98 bits per heavy atom. The van der Waals surface area contributed by atoms with Crippen LogP contribution in [0.2, 0.25) is 18.1 Å². The van der Waals surface area contributed by atoms with Crippen LogP contribution in [0.5, 0.6) is 0 Å². The minimum atomic E-state index is -1.99. The molecule has 0 amide bonds. The molecule has 45 heavy (non-hydrogen) atoms. The summed E-state index contributed by atoms with van der Waals surface area (Å²) in [5.41, 5.74) is 2.26.